The molecule has 1 amide bonds. The van der Waals surface area contributed by atoms with E-state index in [0.29, 0.717) is 43.2 Å². The van der Waals surface area contributed by atoms with Crippen molar-refractivity contribution in [2.75, 3.05) is 11.9 Å². The molecule has 0 bridgehead atoms. The maximum absolute atomic E-state index is 11.8. The monoisotopic (exact) mass is 589 g/mol. The molecule has 0 radical (unpaired) electrons. The van der Waals surface area contributed by atoms with Crippen molar-refractivity contribution in [3.8, 4) is 22.8 Å². The van der Waals surface area contributed by atoms with Crippen molar-refractivity contribution in [2.45, 2.75) is 0 Å². The number of thiazole rings is 1. The number of nitrogens with zero attached hydrogens (tertiary/aromatic N) is 4. The molecule has 1 aliphatic rings. The molecule has 1 aliphatic heterocycles. The molecule has 1 aromatic heterocycles. The zero-order valence-electron chi connectivity index (χ0n) is 18.9. The van der Waals surface area contributed by atoms with Gasteiger partial charge in [-0.05, 0) is 42.5 Å². The molecule has 192 valence electrons. The number of amides is 1. The lowest BCUT2D eigenvalue weighted by Crippen LogP contribution is -2.25. The second-order valence-electron chi connectivity index (χ2n) is 7.84. The second-order valence-corrected chi connectivity index (χ2v) is 9.95. The Morgan fingerprint density at radius 1 is 1.13 bits per heavy atom. The molecular weight excluding hydrogens is 577 g/mol. The van der Waals surface area contributed by atoms with Gasteiger partial charge in [0.05, 0.1) is 33.2 Å². The Bertz CT molecular complexity index is 1720. The Balaban J connectivity index is 1.67. The first-order chi connectivity index (χ1) is 18.2. The normalized spacial score (nSPS) is 13.3. The van der Waals surface area contributed by atoms with Crippen LogP contribution in [0.5, 0.6) is 11.5 Å². The van der Waals surface area contributed by atoms with E-state index in [1.807, 2.05) is 0 Å². The van der Waals surface area contributed by atoms with Crippen LogP contribution < -0.4 is 14.9 Å². The lowest BCUT2D eigenvalue weighted by atomic mass is 10.1. The summed E-state index contributed by atoms with van der Waals surface area (Å²) < 4.78 is 6.91. The number of fused-ring (bicyclic) bond motifs is 1. The van der Waals surface area contributed by atoms with Gasteiger partial charge in [-0.1, -0.05) is 34.8 Å². The first-order valence-electron chi connectivity index (χ1n) is 10.7. The summed E-state index contributed by atoms with van der Waals surface area (Å²) in [5, 5.41) is 31.6. The van der Waals surface area contributed by atoms with Crippen LogP contribution in [-0.4, -0.2) is 33.4 Å². The van der Waals surface area contributed by atoms with Gasteiger partial charge in [-0.25, -0.2) is 9.67 Å². The molecule has 0 unspecified atom stereocenters. The molecule has 0 saturated heterocycles. The van der Waals surface area contributed by atoms with Gasteiger partial charge in [-0.3, -0.25) is 14.9 Å². The van der Waals surface area contributed by atoms with Gasteiger partial charge >= 0.3 is 5.69 Å². The molecule has 38 heavy (non-hydrogen) atoms. The number of carbonyl (C=O) groups is 1. The molecule has 0 spiro atoms. The molecule has 10 nitrogen and oxygen atoms in total. The summed E-state index contributed by atoms with van der Waals surface area (Å²) in [5.74, 6) is -0.349. The fourth-order valence-electron chi connectivity index (χ4n) is 3.57. The topological polar surface area (TPSA) is 131 Å². The quantitative estimate of drug-likeness (QED) is 0.161. The van der Waals surface area contributed by atoms with Crippen LogP contribution in [-0.2, 0) is 4.79 Å². The number of aromatic hydroxyl groups is 1. The smallest absolute Gasteiger partial charge is 0.312 e. The van der Waals surface area contributed by atoms with E-state index in [1.54, 1.807) is 41.8 Å². The van der Waals surface area contributed by atoms with Crippen molar-refractivity contribution >= 4 is 75.3 Å². The number of nitrogens with one attached hydrogen (secondary N) is 1. The predicted octanol–water partition coefficient (Wildman–Crippen LogP) is 6.24. The number of anilines is 1. The summed E-state index contributed by atoms with van der Waals surface area (Å²) in [5.41, 5.74) is 1.61. The predicted molar refractivity (Wildman–Crippen MR) is 146 cm³/mol. The van der Waals surface area contributed by atoms with Gasteiger partial charge in [0.2, 0.25) is 10.6 Å². The number of phenolic OH excluding ortho intramolecular Hbond substituents is 1. The molecule has 4 aromatic rings. The molecule has 3 aromatic carbocycles. The van der Waals surface area contributed by atoms with E-state index in [2.05, 4.69) is 15.4 Å². The maximum atomic E-state index is 11.8. The largest absolute Gasteiger partial charge is 0.502 e. The van der Waals surface area contributed by atoms with Crippen molar-refractivity contribution < 1.29 is 19.6 Å². The molecule has 0 aliphatic carbocycles. The van der Waals surface area contributed by atoms with Crippen LogP contribution >= 0.6 is 46.1 Å². The Labute approximate surface area is 233 Å². The number of nitro benzene ring substituents is 1. The number of ether oxygens (including phenoxy) is 1. The van der Waals surface area contributed by atoms with Gasteiger partial charge in [0, 0.05) is 32.6 Å². The second kappa shape index (κ2) is 10.5. The number of carbonyl (C=O) groups excluding carboxylic acids is 1. The zero-order chi connectivity index (χ0) is 27.0. The first-order valence-corrected chi connectivity index (χ1v) is 12.7. The molecule has 0 atom stereocenters. The highest BCUT2D eigenvalue weighted by Gasteiger charge is 2.20. The number of hydrogen-bond donors (Lipinski definition) is 2. The van der Waals surface area contributed by atoms with Crippen molar-refractivity contribution in [1.82, 2.24) is 4.68 Å². The highest BCUT2D eigenvalue weighted by molar-refractivity contribution is 7.07. The third-order valence-electron chi connectivity index (χ3n) is 5.31. The van der Waals surface area contributed by atoms with Crippen LogP contribution in [0.25, 0.3) is 11.3 Å². The Hall–Kier alpha value is -3.90. The standard InChI is InChI=1S/C24H14Cl3N5O5S/c25-14-2-3-17(16(27)7-14)30-24-31(28-9-13-5-15(26)8-19(23(13)34)32(35)36)20(11-38-24)12-1-4-21-18(6-12)29-22(33)10-37-21/h1-9,11,34H,10H2,(H,29,33). The number of hydrogen-bond acceptors (Lipinski definition) is 8. The van der Waals surface area contributed by atoms with Crippen molar-refractivity contribution in [3.63, 3.8) is 0 Å². The summed E-state index contributed by atoms with van der Waals surface area (Å²) in [4.78, 5) is 27.4. The number of aromatic nitrogens is 1. The number of halogens is 3. The van der Waals surface area contributed by atoms with Gasteiger partial charge in [-0.2, -0.15) is 5.10 Å². The minimum Gasteiger partial charge on any atom is -0.502 e. The number of benzene rings is 3. The minimum atomic E-state index is -0.742. The van der Waals surface area contributed by atoms with Crippen LogP contribution in [0, 0.1) is 10.1 Å². The Morgan fingerprint density at radius 3 is 2.71 bits per heavy atom. The van der Waals surface area contributed by atoms with Gasteiger partial charge in [0.15, 0.2) is 6.61 Å². The van der Waals surface area contributed by atoms with Gasteiger partial charge in [-0.15, -0.1) is 11.3 Å². The van der Waals surface area contributed by atoms with Crippen LogP contribution in [0.1, 0.15) is 5.56 Å². The SMILES string of the molecule is O=C1COc2ccc(-c3csc(=Nc4ccc(Cl)cc4Cl)n3N=Cc3cc(Cl)cc([N+](=O)[O-])c3O)cc2N1. The number of phenols is 1. The Morgan fingerprint density at radius 2 is 1.95 bits per heavy atom. The van der Waals surface area contributed by atoms with Crippen molar-refractivity contribution in [2.24, 2.45) is 10.1 Å². The van der Waals surface area contributed by atoms with Crippen LogP contribution in [0.2, 0.25) is 15.1 Å². The van der Waals surface area contributed by atoms with Crippen molar-refractivity contribution in [3.05, 3.63) is 89.5 Å². The molecule has 0 fully saturated rings. The van der Waals surface area contributed by atoms with Crippen LogP contribution in [0.4, 0.5) is 17.1 Å². The lowest BCUT2D eigenvalue weighted by molar-refractivity contribution is -0.385. The average molecular weight is 591 g/mol. The third-order valence-corrected chi connectivity index (χ3v) is 6.88. The van der Waals surface area contributed by atoms with E-state index in [1.165, 1.54) is 28.3 Å². The van der Waals surface area contributed by atoms with Crippen LogP contribution in [0.3, 0.4) is 0 Å². The summed E-state index contributed by atoms with van der Waals surface area (Å²) >= 11 is 19.6. The fraction of sp³-hybridized carbons (Fsp3) is 0.0417. The average Bonchev–Trinajstić information content (AvgIpc) is 3.27. The van der Waals surface area contributed by atoms with Crippen molar-refractivity contribution in [1.29, 1.82) is 0 Å². The van der Waals surface area contributed by atoms with E-state index >= 15 is 0 Å². The van der Waals surface area contributed by atoms with E-state index < -0.39 is 16.4 Å². The lowest BCUT2D eigenvalue weighted by Gasteiger charge is -2.18. The van der Waals surface area contributed by atoms with E-state index in [-0.39, 0.29) is 23.1 Å². The molecule has 14 heteroatoms. The highest BCUT2D eigenvalue weighted by atomic mass is 35.5. The summed E-state index contributed by atoms with van der Waals surface area (Å²) in [6.45, 7) is -0.0742. The Kier molecular flexibility index (Phi) is 7.09. The molecule has 2 N–H and O–H groups in total. The number of rotatable bonds is 5. The maximum Gasteiger partial charge on any atom is 0.312 e. The fourth-order valence-corrected chi connectivity index (χ4v) is 5.09. The van der Waals surface area contributed by atoms with E-state index in [9.17, 15) is 20.0 Å². The first kappa shape index (κ1) is 25.7. The number of nitro groups is 1. The van der Waals surface area contributed by atoms with E-state index in [0.717, 1.165) is 6.07 Å². The summed E-state index contributed by atoms with van der Waals surface area (Å²) in [6.07, 6.45) is 1.23. The summed E-state index contributed by atoms with van der Waals surface area (Å²) in [7, 11) is 0. The van der Waals surface area contributed by atoms with E-state index in [4.69, 9.17) is 39.5 Å². The van der Waals surface area contributed by atoms with Gasteiger partial charge in [0.25, 0.3) is 5.91 Å². The third kappa shape index (κ3) is 5.22. The molecule has 2 heterocycles. The molecular formula is C24H14Cl3N5O5S. The van der Waals surface area contributed by atoms with Crippen LogP contribution in [0.15, 0.2) is 64.0 Å². The summed E-state index contributed by atoms with van der Waals surface area (Å²) in [6, 6.07) is 12.5. The highest BCUT2D eigenvalue weighted by Crippen LogP contribution is 2.35. The van der Waals surface area contributed by atoms with Gasteiger partial charge < -0.3 is 15.2 Å². The molecule has 5 rings (SSSR count). The molecule has 0 saturated carbocycles. The van der Waals surface area contributed by atoms with Gasteiger partial charge in [0.1, 0.15) is 5.75 Å². The zero-order valence-corrected chi connectivity index (χ0v) is 22.0. The minimum absolute atomic E-state index is 0.0235.